The van der Waals surface area contributed by atoms with E-state index in [1.54, 1.807) is 0 Å². The van der Waals surface area contributed by atoms with E-state index >= 15 is 0 Å². The van der Waals surface area contributed by atoms with Crippen LogP contribution in [0.25, 0.3) is 0 Å². The van der Waals surface area contributed by atoms with Gasteiger partial charge in [-0.25, -0.2) is 0 Å². The fraction of sp³-hybridized carbons (Fsp3) is 1.00. The van der Waals surface area contributed by atoms with Crippen molar-refractivity contribution in [2.75, 3.05) is 60.0 Å². The quantitative estimate of drug-likeness (QED) is 0.633. The Balaban J connectivity index is 1.97. The van der Waals surface area contributed by atoms with Crippen LogP contribution in [-0.2, 0) is 4.74 Å². The molecule has 0 amide bonds. The number of unbranched alkanes of at least 4 members (excludes halogenated alkanes) is 1. The van der Waals surface area contributed by atoms with Gasteiger partial charge in [0.15, 0.2) is 0 Å². The van der Waals surface area contributed by atoms with Crippen molar-refractivity contribution in [3.8, 4) is 0 Å². The third kappa shape index (κ3) is 6.36. The first-order chi connectivity index (χ1) is 8.24. The van der Waals surface area contributed by atoms with Crippen molar-refractivity contribution < 1.29 is 4.74 Å². The van der Waals surface area contributed by atoms with E-state index in [-0.39, 0.29) is 0 Å². The van der Waals surface area contributed by atoms with Crippen LogP contribution in [0.3, 0.4) is 0 Å². The molecular weight excluding hydrogens is 214 g/mol. The summed E-state index contributed by atoms with van der Waals surface area (Å²) in [5.41, 5.74) is 0. The van der Waals surface area contributed by atoms with Gasteiger partial charge in [0.25, 0.3) is 0 Å². The number of ether oxygens (including phenoxy) is 1. The Hall–Kier alpha value is -0.160. The topological polar surface area (TPSA) is 27.7 Å². The molecule has 102 valence electrons. The average molecular weight is 243 g/mol. The first-order valence-electron chi connectivity index (χ1n) is 6.91. The molecular formula is C13H29N3O. The maximum atomic E-state index is 5.52. The Morgan fingerprint density at radius 1 is 1.24 bits per heavy atom. The van der Waals surface area contributed by atoms with Gasteiger partial charge in [0.05, 0.1) is 6.61 Å². The Labute approximate surface area is 106 Å². The molecule has 0 aromatic rings. The summed E-state index contributed by atoms with van der Waals surface area (Å²) in [6.07, 6.45) is 2.39. The highest BCUT2D eigenvalue weighted by Gasteiger charge is 2.21. The monoisotopic (exact) mass is 243 g/mol. The molecule has 0 spiro atoms. The second kappa shape index (κ2) is 8.86. The summed E-state index contributed by atoms with van der Waals surface area (Å²) in [7, 11) is 4.42. The second-order valence-corrected chi connectivity index (χ2v) is 5.07. The first-order valence-corrected chi connectivity index (χ1v) is 6.91. The molecule has 1 heterocycles. The van der Waals surface area contributed by atoms with E-state index < -0.39 is 0 Å². The molecule has 1 atom stereocenters. The molecule has 1 saturated heterocycles. The summed E-state index contributed by atoms with van der Waals surface area (Å²) >= 11 is 0. The van der Waals surface area contributed by atoms with Gasteiger partial charge in [0, 0.05) is 45.4 Å². The van der Waals surface area contributed by atoms with Crippen LogP contribution < -0.4 is 5.32 Å². The fourth-order valence-electron chi connectivity index (χ4n) is 2.08. The van der Waals surface area contributed by atoms with E-state index in [4.69, 9.17) is 4.74 Å². The minimum Gasteiger partial charge on any atom is -0.380 e. The van der Waals surface area contributed by atoms with Crippen LogP contribution >= 0.6 is 0 Å². The number of piperazine rings is 1. The van der Waals surface area contributed by atoms with E-state index in [2.05, 4.69) is 36.1 Å². The molecule has 4 heteroatoms. The van der Waals surface area contributed by atoms with Gasteiger partial charge in [-0.2, -0.15) is 0 Å². The lowest BCUT2D eigenvalue weighted by atomic mass is 10.2. The zero-order valence-electron chi connectivity index (χ0n) is 11.7. The van der Waals surface area contributed by atoms with E-state index in [1.807, 2.05) is 0 Å². The van der Waals surface area contributed by atoms with Crippen molar-refractivity contribution in [1.29, 1.82) is 0 Å². The minimum atomic E-state index is 0.643. The smallest absolute Gasteiger partial charge is 0.0590 e. The number of rotatable bonds is 8. The van der Waals surface area contributed by atoms with E-state index in [0.717, 1.165) is 26.3 Å². The minimum absolute atomic E-state index is 0.643. The summed E-state index contributed by atoms with van der Waals surface area (Å²) in [6, 6.07) is 0.643. The van der Waals surface area contributed by atoms with Gasteiger partial charge in [-0.05, 0) is 20.5 Å². The molecule has 1 aliphatic rings. The zero-order valence-corrected chi connectivity index (χ0v) is 11.7. The van der Waals surface area contributed by atoms with Crippen molar-refractivity contribution in [2.24, 2.45) is 0 Å². The molecule has 1 fully saturated rings. The number of hydrogen-bond acceptors (Lipinski definition) is 4. The summed E-state index contributed by atoms with van der Waals surface area (Å²) in [5.74, 6) is 0. The molecule has 0 bridgehead atoms. The van der Waals surface area contributed by atoms with Gasteiger partial charge in [-0.3, -0.25) is 4.90 Å². The van der Waals surface area contributed by atoms with Crippen LogP contribution in [0.1, 0.15) is 19.8 Å². The van der Waals surface area contributed by atoms with Gasteiger partial charge in [0.2, 0.25) is 0 Å². The molecule has 0 radical (unpaired) electrons. The molecule has 1 aliphatic heterocycles. The van der Waals surface area contributed by atoms with Crippen molar-refractivity contribution in [1.82, 2.24) is 15.1 Å². The Bertz CT molecular complexity index is 190. The van der Waals surface area contributed by atoms with E-state index in [9.17, 15) is 0 Å². The van der Waals surface area contributed by atoms with Crippen LogP contribution in [-0.4, -0.2) is 75.9 Å². The average Bonchev–Trinajstić information content (AvgIpc) is 2.32. The van der Waals surface area contributed by atoms with Gasteiger partial charge in [0.1, 0.15) is 0 Å². The summed E-state index contributed by atoms with van der Waals surface area (Å²) < 4.78 is 5.52. The summed E-state index contributed by atoms with van der Waals surface area (Å²) in [5, 5.41) is 3.49. The third-order valence-electron chi connectivity index (χ3n) is 3.43. The lowest BCUT2D eigenvalue weighted by Crippen LogP contribution is -2.54. The molecule has 17 heavy (non-hydrogen) atoms. The molecule has 4 nitrogen and oxygen atoms in total. The van der Waals surface area contributed by atoms with Gasteiger partial charge in [-0.1, -0.05) is 13.3 Å². The number of nitrogens with one attached hydrogen (secondary N) is 1. The molecule has 1 N–H and O–H groups in total. The van der Waals surface area contributed by atoms with Crippen LogP contribution in [0.15, 0.2) is 0 Å². The predicted molar refractivity (Wildman–Crippen MR) is 72.5 cm³/mol. The summed E-state index contributed by atoms with van der Waals surface area (Å²) in [4.78, 5) is 4.86. The lowest BCUT2D eigenvalue weighted by molar-refractivity contribution is 0.105. The number of likely N-dealkylation sites (N-methyl/N-ethyl adjacent to an activating group) is 2. The number of nitrogens with zero attached hydrogens (tertiary/aromatic N) is 2. The number of hydrogen-bond donors (Lipinski definition) is 1. The Morgan fingerprint density at radius 3 is 2.82 bits per heavy atom. The zero-order chi connectivity index (χ0) is 12.5. The Kier molecular flexibility index (Phi) is 7.77. The lowest BCUT2D eigenvalue weighted by Gasteiger charge is -2.37. The van der Waals surface area contributed by atoms with Crippen molar-refractivity contribution in [2.45, 2.75) is 25.8 Å². The highest BCUT2D eigenvalue weighted by molar-refractivity contribution is 4.79. The van der Waals surface area contributed by atoms with E-state index in [0.29, 0.717) is 6.04 Å². The second-order valence-electron chi connectivity index (χ2n) is 5.07. The molecule has 0 aromatic carbocycles. The largest absolute Gasteiger partial charge is 0.380 e. The van der Waals surface area contributed by atoms with Gasteiger partial charge in [-0.15, -0.1) is 0 Å². The molecule has 1 rings (SSSR count). The van der Waals surface area contributed by atoms with Gasteiger partial charge < -0.3 is 15.0 Å². The Morgan fingerprint density at radius 2 is 2.06 bits per heavy atom. The fourth-order valence-corrected chi connectivity index (χ4v) is 2.08. The third-order valence-corrected chi connectivity index (χ3v) is 3.43. The van der Waals surface area contributed by atoms with Crippen molar-refractivity contribution >= 4 is 0 Å². The van der Waals surface area contributed by atoms with E-state index in [1.165, 1.54) is 32.5 Å². The maximum absolute atomic E-state index is 5.52. The van der Waals surface area contributed by atoms with Crippen LogP contribution in [0.2, 0.25) is 0 Å². The highest BCUT2D eigenvalue weighted by atomic mass is 16.5. The first kappa shape index (κ1) is 14.9. The normalized spacial score (nSPS) is 23.1. The molecule has 0 aliphatic carbocycles. The SMILES string of the molecule is CCCCOCCNCC1CN(C)CCN1C. The van der Waals surface area contributed by atoms with Crippen LogP contribution in [0, 0.1) is 0 Å². The van der Waals surface area contributed by atoms with Crippen molar-refractivity contribution in [3.63, 3.8) is 0 Å². The molecule has 0 aromatic heterocycles. The molecule has 1 unspecified atom stereocenters. The van der Waals surface area contributed by atoms with Gasteiger partial charge >= 0.3 is 0 Å². The maximum Gasteiger partial charge on any atom is 0.0590 e. The van der Waals surface area contributed by atoms with Crippen molar-refractivity contribution in [3.05, 3.63) is 0 Å². The van der Waals surface area contributed by atoms with Crippen LogP contribution in [0.4, 0.5) is 0 Å². The predicted octanol–water partition coefficient (Wildman–Crippen LogP) is 0.639. The van der Waals surface area contributed by atoms with Crippen LogP contribution in [0.5, 0.6) is 0 Å². The summed E-state index contributed by atoms with van der Waals surface area (Å²) in [6.45, 7) is 9.51. The highest BCUT2D eigenvalue weighted by Crippen LogP contribution is 2.04. The standard InChI is InChI=1S/C13H29N3O/c1-4-5-9-17-10-6-14-11-13-12-15(2)7-8-16(13)3/h13-14H,4-12H2,1-3H3. The molecule has 0 saturated carbocycles.